The minimum atomic E-state index is -0.161. The van der Waals surface area contributed by atoms with E-state index >= 15 is 0 Å². The molecule has 0 aromatic rings. The molecule has 3 saturated heterocycles. The van der Waals surface area contributed by atoms with Gasteiger partial charge >= 0.3 is 0 Å². The monoisotopic (exact) mass is 426 g/mol. The number of likely N-dealkylation sites (tertiary alicyclic amines) is 2. The lowest BCUT2D eigenvalue weighted by Gasteiger charge is -2.47. The van der Waals surface area contributed by atoms with E-state index in [2.05, 4.69) is 45.6 Å². The van der Waals surface area contributed by atoms with Crippen molar-refractivity contribution in [2.45, 2.75) is 76.4 Å². The van der Waals surface area contributed by atoms with Crippen LogP contribution in [0, 0.1) is 0 Å². The Morgan fingerprint density at radius 2 is 1.71 bits per heavy atom. The van der Waals surface area contributed by atoms with Gasteiger partial charge in [-0.1, -0.05) is 18.6 Å². The molecule has 1 saturated carbocycles. The molecule has 6 heteroatoms. The molecule has 5 aliphatic rings. The third-order valence-electron chi connectivity index (χ3n) is 8.38. The number of carbonyl (C=O) groups excluding carboxylic acids is 2. The van der Waals surface area contributed by atoms with Crippen LogP contribution in [0.4, 0.5) is 0 Å². The van der Waals surface area contributed by atoms with Crippen molar-refractivity contribution >= 4 is 11.8 Å². The molecule has 0 aromatic heterocycles. The smallest absolute Gasteiger partial charge is 0.254 e. The zero-order chi connectivity index (χ0) is 21.6. The molecule has 6 nitrogen and oxygen atoms in total. The van der Waals surface area contributed by atoms with Crippen molar-refractivity contribution in [3.05, 3.63) is 23.3 Å². The molecule has 170 valence electrons. The van der Waals surface area contributed by atoms with Gasteiger partial charge in [0.1, 0.15) is 0 Å². The average Bonchev–Trinajstić information content (AvgIpc) is 2.97. The number of carbonyl (C=O) groups is 2. The summed E-state index contributed by atoms with van der Waals surface area (Å²) in [6, 6.07) is 0.974. The van der Waals surface area contributed by atoms with Gasteiger partial charge in [-0.3, -0.25) is 19.4 Å². The van der Waals surface area contributed by atoms with Gasteiger partial charge < -0.3 is 9.80 Å². The number of fused-ring (bicyclic) bond motifs is 2. The number of piperazine rings is 1. The first-order chi connectivity index (χ1) is 15.0. The maximum atomic E-state index is 13.2. The Balaban J connectivity index is 1.19. The third-order valence-corrected chi connectivity index (χ3v) is 8.38. The highest BCUT2D eigenvalue weighted by molar-refractivity contribution is 6.03. The molecule has 3 heterocycles. The highest BCUT2D eigenvalue weighted by atomic mass is 16.2. The lowest BCUT2D eigenvalue weighted by atomic mass is 9.77. The van der Waals surface area contributed by atoms with Gasteiger partial charge in [0.05, 0.1) is 12.1 Å². The maximum Gasteiger partial charge on any atom is 0.254 e. The number of amides is 2. The molecule has 1 spiro atoms. The van der Waals surface area contributed by atoms with Crippen LogP contribution in [0.3, 0.4) is 0 Å². The van der Waals surface area contributed by atoms with Gasteiger partial charge in [0, 0.05) is 56.9 Å². The van der Waals surface area contributed by atoms with E-state index in [1.165, 1.54) is 24.8 Å². The van der Waals surface area contributed by atoms with Crippen LogP contribution < -0.4 is 0 Å². The summed E-state index contributed by atoms with van der Waals surface area (Å²) in [6.07, 6.45) is 12.4. The van der Waals surface area contributed by atoms with Crippen molar-refractivity contribution in [1.82, 2.24) is 19.6 Å². The van der Waals surface area contributed by atoms with Crippen LogP contribution in [-0.2, 0) is 9.59 Å². The highest BCUT2D eigenvalue weighted by Crippen LogP contribution is 2.48. The summed E-state index contributed by atoms with van der Waals surface area (Å²) in [4.78, 5) is 35.3. The van der Waals surface area contributed by atoms with Crippen LogP contribution >= 0.6 is 0 Å². The number of piperidine rings is 1. The number of hydrogen-bond acceptors (Lipinski definition) is 4. The average molecular weight is 427 g/mol. The molecule has 0 aromatic carbocycles. The third kappa shape index (κ3) is 3.66. The summed E-state index contributed by atoms with van der Waals surface area (Å²) in [7, 11) is 0. The van der Waals surface area contributed by atoms with Crippen molar-refractivity contribution in [3.63, 3.8) is 0 Å². The zero-order valence-corrected chi connectivity index (χ0v) is 19.3. The second-order valence-electron chi connectivity index (χ2n) is 10.4. The zero-order valence-electron chi connectivity index (χ0n) is 19.3. The molecular weight excluding hydrogens is 388 g/mol. The van der Waals surface area contributed by atoms with Crippen molar-refractivity contribution in [3.8, 4) is 0 Å². The largest absolute Gasteiger partial charge is 0.339 e. The van der Waals surface area contributed by atoms with Crippen LogP contribution in [0.2, 0.25) is 0 Å². The number of allylic oxidation sites excluding steroid dienone is 2. The van der Waals surface area contributed by atoms with E-state index in [9.17, 15) is 9.59 Å². The van der Waals surface area contributed by atoms with Gasteiger partial charge in [-0.15, -0.1) is 0 Å². The molecule has 5 rings (SSSR count). The topological polar surface area (TPSA) is 47.1 Å². The van der Waals surface area contributed by atoms with Crippen LogP contribution in [0.5, 0.6) is 0 Å². The molecule has 2 aliphatic carbocycles. The second kappa shape index (κ2) is 8.36. The fraction of sp³-hybridized carbons (Fsp3) is 0.760. The van der Waals surface area contributed by atoms with Crippen molar-refractivity contribution in [2.24, 2.45) is 0 Å². The predicted molar refractivity (Wildman–Crippen MR) is 122 cm³/mol. The Hall–Kier alpha value is -1.66. The fourth-order valence-corrected chi connectivity index (χ4v) is 6.47. The molecule has 0 bridgehead atoms. The minimum Gasteiger partial charge on any atom is -0.339 e. The SMILES string of the molecule is CC(C)N1C(=O)C2=CCCC=C2C12CCN(CC(=O)N1CCN(C3CCC3)CC1)CC2. The first-order valence-corrected chi connectivity index (χ1v) is 12.5. The molecule has 0 N–H and O–H groups in total. The van der Waals surface area contributed by atoms with E-state index in [1.54, 1.807) is 0 Å². The van der Waals surface area contributed by atoms with Gasteiger partial charge in [-0.2, -0.15) is 0 Å². The van der Waals surface area contributed by atoms with E-state index in [4.69, 9.17) is 0 Å². The Morgan fingerprint density at radius 3 is 2.32 bits per heavy atom. The standard InChI is InChI=1S/C25H38N4O2/c1-19(2)29-24(31)21-8-3-4-9-22(21)25(29)10-12-26(13-11-25)18-23(30)28-16-14-27(15-17-28)20-6-5-7-20/h8-9,19-20H,3-7,10-18H2,1-2H3. The minimum absolute atomic E-state index is 0.161. The Kier molecular flexibility index (Phi) is 5.72. The van der Waals surface area contributed by atoms with E-state index < -0.39 is 0 Å². The van der Waals surface area contributed by atoms with Crippen LogP contribution in [0.25, 0.3) is 0 Å². The Morgan fingerprint density at radius 1 is 1.03 bits per heavy atom. The summed E-state index contributed by atoms with van der Waals surface area (Å²) in [5.41, 5.74) is 2.06. The van der Waals surface area contributed by atoms with Gasteiger partial charge in [-0.25, -0.2) is 0 Å². The first kappa shape index (κ1) is 21.2. The first-order valence-electron chi connectivity index (χ1n) is 12.5. The number of hydrogen-bond donors (Lipinski definition) is 0. The lowest BCUT2D eigenvalue weighted by Crippen LogP contribution is -2.58. The van der Waals surface area contributed by atoms with Gasteiger partial charge in [-0.05, 0) is 57.9 Å². The number of nitrogens with zero attached hydrogens (tertiary/aromatic N) is 4. The molecule has 0 atom stereocenters. The van der Waals surface area contributed by atoms with Gasteiger partial charge in [0.15, 0.2) is 0 Å². The van der Waals surface area contributed by atoms with E-state index in [1.807, 2.05) is 0 Å². The molecule has 3 aliphatic heterocycles. The Bertz CT molecular complexity index is 781. The van der Waals surface area contributed by atoms with Crippen molar-refractivity contribution < 1.29 is 9.59 Å². The molecular formula is C25H38N4O2. The Labute approximate surface area is 186 Å². The summed E-state index contributed by atoms with van der Waals surface area (Å²) in [5, 5.41) is 0. The quantitative estimate of drug-likeness (QED) is 0.693. The van der Waals surface area contributed by atoms with Gasteiger partial charge in [0.25, 0.3) is 5.91 Å². The lowest BCUT2D eigenvalue weighted by molar-refractivity contribution is -0.137. The molecule has 0 radical (unpaired) electrons. The fourth-order valence-electron chi connectivity index (χ4n) is 6.47. The summed E-state index contributed by atoms with van der Waals surface area (Å²) < 4.78 is 0. The van der Waals surface area contributed by atoms with E-state index in [0.29, 0.717) is 6.54 Å². The maximum absolute atomic E-state index is 13.2. The summed E-state index contributed by atoms with van der Waals surface area (Å²) >= 11 is 0. The molecule has 31 heavy (non-hydrogen) atoms. The normalized spacial score (nSPS) is 27.4. The molecule has 2 amide bonds. The van der Waals surface area contributed by atoms with E-state index in [0.717, 1.165) is 76.6 Å². The van der Waals surface area contributed by atoms with Crippen LogP contribution in [0.1, 0.15) is 58.8 Å². The predicted octanol–water partition coefficient (Wildman–Crippen LogP) is 2.41. The van der Waals surface area contributed by atoms with Gasteiger partial charge in [0.2, 0.25) is 5.91 Å². The second-order valence-corrected chi connectivity index (χ2v) is 10.4. The highest BCUT2D eigenvalue weighted by Gasteiger charge is 2.54. The molecule has 0 unspecified atom stereocenters. The van der Waals surface area contributed by atoms with Crippen molar-refractivity contribution in [2.75, 3.05) is 45.8 Å². The van der Waals surface area contributed by atoms with Crippen LogP contribution in [0.15, 0.2) is 23.3 Å². The van der Waals surface area contributed by atoms with Crippen molar-refractivity contribution in [1.29, 1.82) is 0 Å². The summed E-state index contributed by atoms with van der Waals surface area (Å²) in [6.45, 7) is 10.4. The molecule has 4 fully saturated rings. The van der Waals surface area contributed by atoms with E-state index in [-0.39, 0.29) is 23.4 Å². The number of rotatable bonds is 4. The summed E-state index contributed by atoms with van der Waals surface area (Å²) in [5.74, 6) is 0.500. The van der Waals surface area contributed by atoms with Crippen LogP contribution in [-0.4, -0.2) is 94.8 Å².